The van der Waals surface area contributed by atoms with Gasteiger partial charge in [0.2, 0.25) is 15.0 Å². The molecule has 0 aromatic carbocycles. The van der Waals surface area contributed by atoms with Crippen molar-refractivity contribution in [3.63, 3.8) is 0 Å². The summed E-state index contributed by atoms with van der Waals surface area (Å²) in [5, 5.41) is 13.6. The third kappa shape index (κ3) is 2.12. The molecule has 11 heavy (non-hydrogen) atoms. The average molecular weight is 202 g/mol. The second-order valence-corrected chi connectivity index (χ2v) is 7.69. The molecule has 0 radical (unpaired) electrons. The smallest absolute Gasteiger partial charge is 0.220 e. The summed E-state index contributed by atoms with van der Waals surface area (Å²) in [7, 11) is -8.26. The molecule has 0 aliphatic rings. The predicted octanol–water partition coefficient (Wildman–Crippen LogP) is 0.912. The summed E-state index contributed by atoms with van der Waals surface area (Å²) in [5.41, 5.74) is 0. The van der Waals surface area contributed by atoms with E-state index in [9.17, 15) is 0 Å². The lowest BCUT2D eigenvalue weighted by Gasteiger charge is -2.31. The van der Waals surface area contributed by atoms with Crippen LogP contribution < -0.4 is 0 Å². The maximum absolute atomic E-state index is 8.80. The molecule has 68 valence electrons. The van der Waals surface area contributed by atoms with Crippen LogP contribution in [0.1, 0.15) is 13.8 Å². The molecule has 0 aliphatic carbocycles. The number of hydrogen-bond donors (Lipinski definition) is 6. The molecule has 0 unspecified atom stereocenters. The van der Waals surface area contributed by atoms with Gasteiger partial charge in [-0.05, 0) is 13.8 Å². The number of hydrogen-bond acceptors (Lipinski definition) is 2. The van der Waals surface area contributed by atoms with E-state index in [4.69, 9.17) is 29.9 Å². The van der Waals surface area contributed by atoms with Crippen LogP contribution in [0.5, 0.6) is 0 Å². The standard InChI is InChI=1S/C3H12N2O4P2/c1-3(2,10(4,6)7)11(5,8)9/h1-2H3,(H3,4,6,7)(H3,5,8,9). The number of nitrogens with one attached hydrogen (secondary N) is 2. The fraction of sp³-hybridized carbons (Fsp3) is 1.00. The van der Waals surface area contributed by atoms with E-state index in [0.717, 1.165) is 13.8 Å². The molecule has 0 aromatic rings. The van der Waals surface area contributed by atoms with Gasteiger partial charge in [0.05, 0.1) is 0 Å². The van der Waals surface area contributed by atoms with E-state index in [1.54, 1.807) is 0 Å². The van der Waals surface area contributed by atoms with Crippen LogP contribution in [0, 0.1) is 10.3 Å². The van der Waals surface area contributed by atoms with Gasteiger partial charge in [-0.25, -0.2) is 0 Å². The van der Waals surface area contributed by atoms with Gasteiger partial charge in [0, 0.05) is 0 Å². The molecular weight excluding hydrogens is 190 g/mol. The average Bonchev–Trinajstić information content (AvgIpc) is 1.58. The van der Waals surface area contributed by atoms with Crippen molar-refractivity contribution in [2.45, 2.75) is 18.7 Å². The van der Waals surface area contributed by atoms with Gasteiger partial charge in [-0.3, -0.25) is 10.3 Å². The Kier molecular flexibility index (Phi) is 2.73. The predicted molar refractivity (Wildman–Crippen MR) is 42.2 cm³/mol. The van der Waals surface area contributed by atoms with Gasteiger partial charge in [-0.15, -0.1) is 0 Å². The first-order valence-electron chi connectivity index (χ1n) is 2.69. The summed E-state index contributed by atoms with van der Waals surface area (Å²) in [5.74, 6) is 0. The minimum Gasteiger partial charge on any atom is -0.339 e. The zero-order valence-corrected chi connectivity index (χ0v) is 7.97. The molecule has 6 N–H and O–H groups in total. The molecule has 0 amide bonds. The monoisotopic (exact) mass is 202 g/mol. The quantitative estimate of drug-likeness (QED) is 0.372. The maximum atomic E-state index is 8.80. The van der Waals surface area contributed by atoms with Crippen LogP contribution in [0.4, 0.5) is 0 Å². The van der Waals surface area contributed by atoms with Gasteiger partial charge in [0.1, 0.15) is 4.90 Å². The molecule has 0 bridgehead atoms. The number of rotatable bonds is 2. The van der Waals surface area contributed by atoms with E-state index in [1.165, 1.54) is 0 Å². The van der Waals surface area contributed by atoms with Crippen molar-refractivity contribution in [3.8, 4) is 0 Å². The molecule has 0 atom stereocenters. The molecule has 0 rings (SSSR count). The Morgan fingerprint density at radius 2 is 1.09 bits per heavy atom. The van der Waals surface area contributed by atoms with Crippen molar-refractivity contribution in [2.75, 3.05) is 0 Å². The summed E-state index contributed by atoms with van der Waals surface area (Å²) in [4.78, 5) is 33.4. The van der Waals surface area contributed by atoms with E-state index in [-0.39, 0.29) is 0 Å². The lowest BCUT2D eigenvalue weighted by atomic mass is 10.5. The molecule has 0 saturated carbocycles. The van der Waals surface area contributed by atoms with Gasteiger partial charge >= 0.3 is 0 Å². The highest BCUT2D eigenvalue weighted by atomic mass is 31.2. The molecule has 0 spiro atoms. The largest absolute Gasteiger partial charge is 0.339 e. The molecule has 6 nitrogen and oxygen atoms in total. The van der Waals surface area contributed by atoms with Gasteiger partial charge in [-0.2, -0.15) is 0 Å². The van der Waals surface area contributed by atoms with Crippen LogP contribution in [0.15, 0.2) is 0 Å². The van der Waals surface area contributed by atoms with Crippen LogP contribution in [0.3, 0.4) is 0 Å². The topological polar surface area (TPSA) is 129 Å². The van der Waals surface area contributed by atoms with Crippen LogP contribution >= 0.6 is 15.0 Å². The van der Waals surface area contributed by atoms with Crippen molar-refractivity contribution >= 4 is 15.0 Å². The van der Waals surface area contributed by atoms with E-state index < -0.39 is 19.9 Å². The van der Waals surface area contributed by atoms with Crippen LogP contribution in [-0.2, 0) is 0 Å². The van der Waals surface area contributed by atoms with Crippen molar-refractivity contribution in [3.05, 3.63) is 0 Å². The van der Waals surface area contributed by atoms with Crippen molar-refractivity contribution in [2.24, 2.45) is 0 Å². The van der Waals surface area contributed by atoms with E-state index in [2.05, 4.69) is 0 Å². The van der Waals surface area contributed by atoms with Crippen LogP contribution in [0.25, 0.3) is 0 Å². The molecular formula is C3H12N2O4P2. The summed E-state index contributed by atoms with van der Waals surface area (Å²) in [6.07, 6.45) is 0. The minimum absolute atomic E-state index is 1.08. The van der Waals surface area contributed by atoms with E-state index >= 15 is 0 Å². The van der Waals surface area contributed by atoms with Gasteiger partial charge < -0.3 is 19.6 Å². The van der Waals surface area contributed by atoms with Crippen LogP contribution in [-0.4, -0.2) is 24.5 Å². The molecule has 0 saturated heterocycles. The van der Waals surface area contributed by atoms with Gasteiger partial charge in [0.15, 0.2) is 0 Å². The Bertz CT molecular complexity index is 214. The Morgan fingerprint density at radius 3 is 1.09 bits per heavy atom. The van der Waals surface area contributed by atoms with Crippen LogP contribution in [0.2, 0.25) is 0 Å². The second kappa shape index (κ2) is 2.66. The minimum atomic E-state index is -4.13. The Hall–Kier alpha value is 0.300. The van der Waals surface area contributed by atoms with Crippen molar-refractivity contribution in [1.29, 1.82) is 10.3 Å². The molecule has 0 heterocycles. The normalized spacial score (nSPS) is 15.1. The fourth-order valence-corrected chi connectivity index (χ4v) is 1.75. The third-order valence-corrected chi connectivity index (χ3v) is 6.25. The third-order valence-electron chi connectivity index (χ3n) is 1.53. The highest BCUT2D eigenvalue weighted by Gasteiger charge is 2.45. The second-order valence-electron chi connectivity index (χ2n) is 2.70. The zero-order valence-electron chi connectivity index (χ0n) is 6.18. The van der Waals surface area contributed by atoms with Gasteiger partial charge in [-0.1, -0.05) is 0 Å². The van der Waals surface area contributed by atoms with Crippen molar-refractivity contribution < 1.29 is 19.6 Å². The first-order valence-corrected chi connectivity index (χ1v) is 6.08. The molecule has 8 heteroatoms. The maximum Gasteiger partial charge on any atom is 0.220 e. The van der Waals surface area contributed by atoms with Crippen molar-refractivity contribution in [1.82, 2.24) is 0 Å². The first kappa shape index (κ1) is 11.3. The Labute approximate surface area is 64.6 Å². The summed E-state index contributed by atoms with van der Waals surface area (Å²) in [6, 6.07) is 0. The fourth-order valence-electron chi connectivity index (χ4n) is 0.194. The summed E-state index contributed by atoms with van der Waals surface area (Å²) >= 11 is 0. The highest BCUT2D eigenvalue weighted by Crippen LogP contribution is 2.69. The lowest BCUT2D eigenvalue weighted by Crippen LogP contribution is -2.19. The molecule has 0 aromatic heterocycles. The Morgan fingerprint density at radius 1 is 0.909 bits per heavy atom. The first-order chi connectivity index (χ1) is 4.50. The zero-order chi connectivity index (χ0) is 9.50. The lowest BCUT2D eigenvalue weighted by molar-refractivity contribution is 0.401. The van der Waals surface area contributed by atoms with Gasteiger partial charge in [0.25, 0.3) is 0 Å². The summed E-state index contributed by atoms with van der Waals surface area (Å²) in [6.45, 7) is 2.16. The summed E-state index contributed by atoms with van der Waals surface area (Å²) < 4.78 is 0. The van der Waals surface area contributed by atoms with E-state index in [1.807, 2.05) is 0 Å². The molecule has 0 fully saturated rings. The molecule has 0 aliphatic heterocycles. The van der Waals surface area contributed by atoms with E-state index in [0.29, 0.717) is 0 Å². The highest BCUT2D eigenvalue weighted by molar-refractivity contribution is 7.73. The SMILES string of the molecule is CC(C)(P(=N)(O)O)P(=N)(O)O. The Balaban J connectivity index is 5.08.